The first-order chi connectivity index (χ1) is 26.6. The lowest BCUT2D eigenvalue weighted by molar-refractivity contribution is 0.592. The van der Waals surface area contributed by atoms with E-state index in [0.29, 0.717) is 0 Å². The predicted octanol–water partition coefficient (Wildman–Crippen LogP) is 13.0. The van der Waals surface area contributed by atoms with Crippen LogP contribution in [0.2, 0.25) is 0 Å². The summed E-state index contributed by atoms with van der Waals surface area (Å²) in [6.07, 6.45) is 0. The molecule has 54 heavy (non-hydrogen) atoms. The molecule has 11 aromatic rings. The van der Waals surface area contributed by atoms with E-state index in [1.807, 2.05) is 72.8 Å². The topological polar surface area (TPSA) is 17.1 Å². The molecular weight excluding hydrogens is 672 g/mol. The number of rotatable bonds is 5. The Labute approximate surface area is 313 Å². The van der Waals surface area contributed by atoms with Gasteiger partial charge in [0.2, 0.25) is 0 Å². The lowest BCUT2D eigenvalue weighted by Gasteiger charge is -2.20. The first kappa shape index (κ1) is 31.0. The van der Waals surface area contributed by atoms with Gasteiger partial charge in [0.05, 0.1) is 0 Å². The Morgan fingerprint density at radius 3 is 1.11 bits per heavy atom. The number of benzene rings is 10. The minimum Gasteiger partial charge on any atom is -0.309 e. The van der Waals surface area contributed by atoms with Crippen LogP contribution >= 0.6 is 7.14 Å². The van der Waals surface area contributed by atoms with E-state index in [9.17, 15) is 4.57 Å². The molecule has 0 spiro atoms. The Morgan fingerprint density at radius 2 is 0.630 bits per heavy atom. The van der Waals surface area contributed by atoms with Crippen molar-refractivity contribution in [3.8, 4) is 22.3 Å². The lowest BCUT2D eigenvalue weighted by Crippen LogP contribution is -2.24. The van der Waals surface area contributed by atoms with Crippen LogP contribution in [0.15, 0.2) is 200 Å². The maximum Gasteiger partial charge on any atom is 0.171 e. The lowest BCUT2D eigenvalue weighted by atomic mass is 9.86. The van der Waals surface area contributed by atoms with Crippen molar-refractivity contribution in [2.45, 2.75) is 0 Å². The van der Waals surface area contributed by atoms with Crippen LogP contribution in [0, 0.1) is 0 Å². The van der Waals surface area contributed by atoms with Gasteiger partial charge in [-0.2, -0.15) is 0 Å². The number of hydrogen-bond donors (Lipinski definition) is 0. The van der Waals surface area contributed by atoms with Crippen molar-refractivity contribution in [2.24, 2.45) is 0 Å². The maximum absolute atomic E-state index is 14.9. The van der Waals surface area contributed by atoms with Crippen LogP contribution in [-0.4, -0.2) is 0 Å². The minimum atomic E-state index is -3.03. The van der Waals surface area contributed by atoms with Crippen molar-refractivity contribution in [1.82, 2.24) is 0 Å². The smallest absolute Gasteiger partial charge is 0.171 e. The van der Waals surface area contributed by atoms with E-state index in [1.165, 1.54) is 75.8 Å². The van der Waals surface area contributed by atoms with E-state index in [1.54, 1.807) is 0 Å². The van der Waals surface area contributed by atoms with Gasteiger partial charge in [-0.25, -0.2) is 0 Å². The molecule has 252 valence electrons. The van der Waals surface area contributed by atoms with Crippen molar-refractivity contribution in [1.29, 1.82) is 0 Å². The monoisotopic (exact) mass is 704 g/mol. The van der Waals surface area contributed by atoms with Gasteiger partial charge < -0.3 is 4.57 Å². The largest absolute Gasteiger partial charge is 0.309 e. The number of fused-ring (bicyclic) bond motifs is 2. The average molecular weight is 705 g/mol. The quantitative estimate of drug-likeness (QED) is 0.129. The molecule has 0 bridgehead atoms. The standard InChI is InChI=1S/C52H33OP/c53-54(42-13-3-1-4-14-42,43-15-5-2-6-16-43)44-30-28-35(29-31-44)34-20-22-36(23-21-34)41-32-40-27-26-39-11-8-18-46-45-17-7-10-37-24-25-38-12-9-19-47(51(38)49(37)45)48(33-41)52(40)50(39)46/h1-33H. The summed E-state index contributed by atoms with van der Waals surface area (Å²) in [5.74, 6) is 0. The molecule has 0 heterocycles. The van der Waals surface area contributed by atoms with Crippen molar-refractivity contribution in [3.05, 3.63) is 200 Å². The van der Waals surface area contributed by atoms with Crippen LogP contribution < -0.4 is 15.9 Å². The number of hydrogen-bond acceptors (Lipinski definition) is 1. The summed E-state index contributed by atoms with van der Waals surface area (Å²) in [6, 6.07) is 71.1. The van der Waals surface area contributed by atoms with Gasteiger partial charge in [0, 0.05) is 15.9 Å². The van der Waals surface area contributed by atoms with E-state index in [2.05, 4.69) is 127 Å². The van der Waals surface area contributed by atoms with Crippen molar-refractivity contribution >= 4 is 87.7 Å². The van der Waals surface area contributed by atoms with Gasteiger partial charge in [0.25, 0.3) is 0 Å². The second-order valence-corrected chi connectivity index (χ2v) is 17.1. The van der Waals surface area contributed by atoms with Crippen LogP contribution in [-0.2, 0) is 4.57 Å². The Kier molecular flexibility index (Phi) is 6.90. The van der Waals surface area contributed by atoms with Gasteiger partial charge in [-0.15, -0.1) is 0 Å². The Bertz CT molecular complexity index is 3210. The molecule has 0 unspecified atom stereocenters. The normalized spacial score (nSPS) is 12.1. The fourth-order valence-electron chi connectivity index (χ4n) is 8.89. The van der Waals surface area contributed by atoms with Gasteiger partial charge in [-0.3, -0.25) is 0 Å². The third kappa shape index (κ3) is 4.62. The molecule has 0 aliphatic heterocycles. The van der Waals surface area contributed by atoms with Crippen LogP contribution in [0.3, 0.4) is 0 Å². The van der Waals surface area contributed by atoms with Gasteiger partial charge in [0.15, 0.2) is 7.14 Å². The van der Waals surface area contributed by atoms with E-state index in [-0.39, 0.29) is 0 Å². The Hall–Kier alpha value is -6.53. The molecule has 0 aromatic heterocycles. The minimum absolute atomic E-state index is 0.834. The highest BCUT2D eigenvalue weighted by molar-refractivity contribution is 7.85. The maximum atomic E-state index is 14.9. The van der Waals surface area contributed by atoms with Gasteiger partial charge >= 0.3 is 0 Å². The SMILES string of the molecule is O=P(c1ccccc1)(c1ccccc1)c1ccc(-c2ccc(-c3cc4ccc5cccc6c7cccc8ccc9cccc(c(c3)c4c56)c9c87)cc2)cc1. The molecule has 0 radical (unpaired) electrons. The zero-order valence-electron chi connectivity index (χ0n) is 29.4. The van der Waals surface area contributed by atoms with Crippen LogP contribution in [0.5, 0.6) is 0 Å². The van der Waals surface area contributed by atoms with Crippen LogP contribution in [0.1, 0.15) is 0 Å². The molecule has 0 aliphatic rings. The Balaban J connectivity index is 1.06. The zero-order chi connectivity index (χ0) is 35.8. The van der Waals surface area contributed by atoms with E-state index >= 15 is 0 Å². The van der Waals surface area contributed by atoms with Gasteiger partial charge in [-0.05, 0) is 99.0 Å². The van der Waals surface area contributed by atoms with Crippen LogP contribution in [0.4, 0.5) is 0 Å². The average Bonchev–Trinajstić information content (AvgIpc) is 3.25. The molecule has 0 aliphatic carbocycles. The fourth-order valence-corrected chi connectivity index (χ4v) is 11.5. The summed E-state index contributed by atoms with van der Waals surface area (Å²) in [5, 5.41) is 18.0. The first-order valence-corrected chi connectivity index (χ1v) is 20.2. The molecule has 11 aromatic carbocycles. The zero-order valence-corrected chi connectivity index (χ0v) is 30.3. The highest BCUT2D eigenvalue weighted by atomic mass is 31.2. The summed E-state index contributed by atoms with van der Waals surface area (Å²) >= 11 is 0. The molecule has 11 rings (SSSR count). The molecule has 1 nitrogen and oxygen atoms in total. The molecule has 0 saturated carbocycles. The third-order valence-corrected chi connectivity index (χ3v) is 14.5. The summed E-state index contributed by atoms with van der Waals surface area (Å²) in [6.45, 7) is 0. The van der Waals surface area contributed by atoms with E-state index < -0.39 is 7.14 Å². The second-order valence-electron chi connectivity index (χ2n) is 14.4. The predicted molar refractivity (Wildman–Crippen MR) is 233 cm³/mol. The molecule has 0 atom stereocenters. The molecular formula is C52H33OP. The summed E-state index contributed by atoms with van der Waals surface area (Å²) in [5.41, 5.74) is 4.59. The highest BCUT2D eigenvalue weighted by Crippen LogP contribution is 2.45. The van der Waals surface area contributed by atoms with Gasteiger partial charge in [0.1, 0.15) is 0 Å². The van der Waals surface area contributed by atoms with Crippen molar-refractivity contribution in [3.63, 3.8) is 0 Å². The van der Waals surface area contributed by atoms with Crippen molar-refractivity contribution in [2.75, 3.05) is 0 Å². The van der Waals surface area contributed by atoms with Crippen molar-refractivity contribution < 1.29 is 4.57 Å². The van der Waals surface area contributed by atoms with Gasteiger partial charge in [-0.1, -0.05) is 188 Å². The first-order valence-electron chi connectivity index (χ1n) is 18.5. The van der Waals surface area contributed by atoms with E-state index in [4.69, 9.17) is 0 Å². The Morgan fingerprint density at radius 1 is 0.259 bits per heavy atom. The fraction of sp³-hybridized carbons (Fsp3) is 0. The molecule has 0 amide bonds. The summed E-state index contributed by atoms with van der Waals surface area (Å²) < 4.78 is 14.9. The molecule has 2 heteroatoms. The summed E-state index contributed by atoms with van der Waals surface area (Å²) in [7, 11) is -3.03. The second kappa shape index (κ2) is 12.0. The summed E-state index contributed by atoms with van der Waals surface area (Å²) in [4.78, 5) is 0. The molecule has 0 saturated heterocycles. The molecule has 0 fully saturated rings. The van der Waals surface area contributed by atoms with E-state index in [0.717, 1.165) is 27.0 Å². The highest BCUT2D eigenvalue weighted by Gasteiger charge is 2.29. The third-order valence-electron chi connectivity index (χ3n) is 11.4. The molecule has 0 N–H and O–H groups in total. The van der Waals surface area contributed by atoms with Crippen LogP contribution in [0.25, 0.3) is 86.9 Å².